The van der Waals surface area contributed by atoms with Crippen molar-refractivity contribution in [3.05, 3.63) is 24.3 Å². The van der Waals surface area contributed by atoms with E-state index in [4.69, 9.17) is 14.2 Å². The lowest BCUT2D eigenvalue weighted by molar-refractivity contribution is 0.158. The molecule has 1 atom stereocenters. The normalized spacial score (nSPS) is 20.9. The third-order valence-electron chi connectivity index (χ3n) is 6.09. The Morgan fingerprint density at radius 2 is 1.86 bits per heavy atom. The lowest BCUT2D eigenvalue weighted by atomic mass is 9.73. The highest BCUT2D eigenvalue weighted by Gasteiger charge is 2.46. The van der Waals surface area contributed by atoms with Crippen molar-refractivity contribution in [1.82, 2.24) is 10.2 Å². The zero-order chi connectivity index (χ0) is 19.8. The maximum absolute atomic E-state index is 12.8. The van der Waals surface area contributed by atoms with Gasteiger partial charge < -0.3 is 24.4 Å². The highest BCUT2D eigenvalue weighted by Crippen LogP contribution is 2.46. The van der Waals surface area contributed by atoms with Crippen LogP contribution in [0.4, 0.5) is 4.79 Å². The fraction of sp³-hybridized carbons (Fsp3) is 0.682. The molecule has 1 spiro atoms. The Morgan fingerprint density at radius 1 is 1.14 bits per heavy atom. The number of carbonyl (C=O) groups is 1. The Labute approximate surface area is 168 Å². The van der Waals surface area contributed by atoms with Crippen LogP contribution in [-0.4, -0.2) is 57.5 Å². The lowest BCUT2D eigenvalue weighted by Crippen LogP contribution is -2.46. The largest absolute Gasteiger partial charge is 0.497 e. The molecule has 0 aromatic heterocycles. The number of hydrogen-bond donors (Lipinski definition) is 1. The second-order valence-corrected chi connectivity index (χ2v) is 8.11. The van der Waals surface area contributed by atoms with Crippen molar-refractivity contribution >= 4 is 6.03 Å². The number of methoxy groups -OCH3 is 2. The van der Waals surface area contributed by atoms with Crippen molar-refractivity contribution in [2.45, 2.75) is 51.0 Å². The van der Waals surface area contributed by atoms with E-state index in [2.05, 4.69) is 5.32 Å². The molecule has 6 heteroatoms. The molecule has 156 valence electrons. The highest BCUT2D eigenvalue weighted by molar-refractivity contribution is 5.75. The Bertz CT molecular complexity index is 613. The molecule has 1 aromatic carbocycles. The smallest absolute Gasteiger partial charge is 0.317 e. The molecule has 2 aliphatic rings. The van der Waals surface area contributed by atoms with E-state index in [0.717, 1.165) is 30.9 Å². The van der Waals surface area contributed by atoms with Gasteiger partial charge in [-0.25, -0.2) is 4.79 Å². The predicted octanol–water partition coefficient (Wildman–Crippen LogP) is 3.84. The molecule has 1 aliphatic carbocycles. The monoisotopic (exact) mass is 390 g/mol. The summed E-state index contributed by atoms with van der Waals surface area (Å²) in [6, 6.07) is 7.77. The van der Waals surface area contributed by atoms with Gasteiger partial charge in [-0.05, 0) is 55.4 Å². The zero-order valence-corrected chi connectivity index (χ0v) is 17.2. The van der Waals surface area contributed by atoms with E-state index in [1.807, 2.05) is 29.2 Å². The number of hydrogen-bond acceptors (Lipinski definition) is 4. The quantitative estimate of drug-likeness (QED) is 0.685. The van der Waals surface area contributed by atoms with Gasteiger partial charge >= 0.3 is 6.03 Å². The molecule has 1 saturated heterocycles. The van der Waals surface area contributed by atoms with Crippen LogP contribution in [0.3, 0.4) is 0 Å². The Morgan fingerprint density at radius 3 is 2.54 bits per heavy atom. The van der Waals surface area contributed by atoms with Crippen LogP contribution in [0.1, 0.15) is 44.9 Å². The molecule has 28 heavy (non-hydrogen) atoms. The summed E-state index contributed by atoms with van der Waals surface area (Å²) in [4.78, 5) is 14.9. The third kappa shape index (κ3) is 5.31. The zero-order valence-electron chi connectivity index (χ0n) is 17.2. The number of likely N-dealkylation sites (tertiary alicyclic amines) is 1. The number of ether oxygens (including phenoxy) is 3. The first-order valence-corrected chi connectivity index (χ1v) is 10.5. The van der Waals surface area contributed by atoms with E-state index in [-0.39, 0.29) is 17.5 Å². The minimum Gasteiger partial charge on any atom is -0.497 e. The second-order valence-electron chi connectivity index (χ2n) is 8.11. The van der Waals surface area contributed by atoms with Gasteiger partial charge in [0.05, 0.1) is 13.2 Å². The van der Waals surface area contributed by atoms with E-state index in [0.29, 0.717) is 19.8 Å². The number of rotatable bonds is 8. The summed E-state index contributed by atoms with van der Waals surface area (Å²) in [5.41, 5.74) is 0.274. The van der Waals surface area contributed by atoms with Crippen LogP contribution in [0.2, 0.25) is 0 Å². The van der Waals surface area contributed by atoms with Crippen LogP contribution in [0.5, 0.6) is 11.5 Å². The van der Waals surface area contributed by atoms with Crippen LogP contribution < -0.4 is 14.8 Å². The summed E-state index contributed by atoms with van der Waals surface area (Å²) >= 11 is 0. The molecule has 1 N–H and O–H groups in total. The molecule has 0 radical (unpaired) electrons. The molecule has 2 amide bonds. The topological polar surface area (TPSA) is 60.0 Å². The number of urea groups is 1. The Kier molecular flexibility index (Phi) is 7.43. The van der Waals surface area contributed by atoms with Gasteiger partial charge in [-0.15, -0.1) is 0 Å². The summed E-state index contributed by atoms with van der Waals surface area (Å²) in [5, 5.41) is 3.06. The molecule has 2 fully saturated rings. The van der Waals surface area contributed by atoms with Gasteiger partial charge in [0.2, 0.25) is 0 Å². The van der Waals surface area contributed by atoms with Crippen molar-refractivity contribution in [2.75, 3.05) is 40.5 Å². The molecule has 6 nitrogen and oxygen atoms in total. The number of benzene rings is 1. The fourth-order valence-electron chi connectivity index (χ4n) is 4.59. The predicted molar refractivity (Wildman–Crippen MR) is 109 cm³/mol. The van der Waals surface area contributed by atoms with E-state index in [1.54, 1.807) is 14.2 Å². The maximum Gasteiger partial charge on any atom is 0.317 e. The van der Waals surface area contributed by atoms with Gasteiger partial charge in [-0.1, -0.05) is 19.3 Å². The fourth-order valence-corrected chi connectivity index (χ4v) is 4.59. The first-order valence-electron chi connectivity index (χ1n) is 10.5. The molecule has 0 bridgehead atoms. The summed E-state index contributed by atoms with van der Waals surface area (Å²) in [7, 11) is 3.34. The van der Waals surface area contributed by atoms with Crippen molar-refractivity contribution in [3.63, 3.8) is 0 Å². The summed E-state index contributed by atoms with van der Waals surface area (Å²) < 4.78 is 16.3. The van der Waals surface area contributed by atoms with Crippen LogP contribution in [0.25, 0.3) is 0 Å². The second kappa shape index (κ2) is 10.0. The molecular formula is C22H34N2O4. The first kappa shape index (κ1) is 20.8. The minimum atomic E-state index is 0.0295. The van der Waals surface area contributed by atoms with Crippen molar-refractivity contribution in [1.29, 1.82) is 0 Å². The summed E-state index contributed by atoms with van der Waals surface area (Å²) in [5.74, 6) is 1.62. The standard InChI is InChI=1S/C22H34N2O4/c1-26-14-6-13-23-21(25)24-17-22(11-4-3-5-12-22)15-18(24)16-28-20-9-7-19(27-2)8-10-20/h7-10,18H,3-6,11-17H2,1-2H3,(H,23,25). The average molecular weight is 391 g/mol. The number of carbonyl (C=O) groups excluding carboxylic acids is 1. The summed E-state index contributed by atoms with van der Waals surface area (Å²) in [6.07, 6.45) is 8.17. The van der Waals surface area contributed by atoms with Gasteiger partial charge in [0.1, 0.15) is 18.1 Å². The van der Waals surface area contributed by atoms with E-state index >= 15 is 0 Å². The lowest BCUT2D eigenvalue weighted by Gasteiger charge is -2.33. The molecule has 1 saturated carbocycles. The van der Waals surface area contributed by atoms with Gasteiger partial charge in [0.25, 0.3) is 0 Å². The van der Waals surface area contributed by atoms with E-state index in [9.17, 15) is 4.79 Å². The van der Waals surface area contributed by atoms with Gasteiger partial charge in [0, 0.05) is 26.8 Å². The number of nitrogens with zero attached hydrogens (tertiary/aromatic N) is 1. The highest BCUT2D eigenvalue weighted by atomic mass is 16.5. The van der Waals surface area contributed by atoms with Crippen LogP contribution in [-0.2, 0) is 4.74 Å². The molecule has 3 rings (SSSR count). The molecular weight excluding hydrogens is 356 g/mol. The number of amides is 2. The van der Waals surface area contributed by atoms with Crippen molar-refractivity contribution in [2.24, 2.45) is 5.41 Å². The molecule has 1 aliphatic heterocycles. The summed E-state index contributed by atoms with van der Waals surface area (Å²) in [6.45, 7) is 2.68. The van der Waals surface area contributed by atoms with Crippen molar-refractivity contribution < 1.29 is 19.0 Å². The maximum atomic E-state index is 12.8. The van der Waals surface area contributed by atoms with Gasteiger partial charge in [0.15, 0.2) is 0 Å². The number of nitrogens with one attached hydrogen (secondary N) is 1. The Balaban J connectivity index is 1.61. The van der Waals surface area contributed by atoms with Crippen molar-refractivity contribution in [3.8, 4) is 11.5 Å². The van der Waals surface area contributed by atoms with Gasteiger partial charge in [-0.3, -0.25) is 0 Å². The molecule has 1 unspecified atom stereocenters. The van der Waals surface area contributed by atoms with Crippen LogP contribution in [0.15, 0.2) is 24.3 Å². The Hall–Kier alpha value is -1.95. The minimum absolute atomic E-state index is 0.0295. The molecule has 1 heterocycles. The SMILES string of the molecule is COCCCNC(=O)N1CC2(CCCCC2)CC1COc1ccc(OC)cc1. The first-order chi connectivity index (χ1) is 13.7. The van der Waals surface area contributed by atoms with Crippen LogP contribution >= 0.6 is 0 Å². The van der Waals surface area contributed by atoms with Crippen LogP contribution in [0, 0.1) is 5.41 Å². The van der Waals surface area contributed by atoms with E-state index in [1.165, 1.54) is 32.1 Å². The van der Waals surface area contributed by atoms with E-state index < -0.39 is 0 Å². The van der Waals surface area contributed by atoms with Gasteiger partial charge in [-0.2, -0.15) is 0 Å². The third-order valence-corrected chi connectivity index (χ3v) is 6.09. The average Bonchev–Trinajstić information content (AvgIpc) is 3.08. The molecule has 1 aromatic rings.